The molecule has 0 aliphatic rings. The van der Waals surface area contributed by atoms with Crippen LogP contribution in [0.3, 0.4) is 0 Å². The highest BCUT2D eigenvalue weighted by atomic mass is 19.1. The van der Waals surface area contributed by atoms with Crippen LogP contribution in [0, 0.1) is 5.82 Å². The molecule has 1 atom stereocenters. The lowest BCUT2D eigenvalue weighted by Gasteiger charge is -2.25. The maximum Gasteiger partial charge on any atom is 0.126 e. The minimum atomic E-state index is -0.924. The molecule has 90 valence electrons. The zero-order valence-electron chi connectivity index (χ0n) is 10.1. The van der Waals surface area contributed by atoms with Crippen LogP contribution in [0.15, 0.2) is 24.3 Å². The summed E-state index contributed by atoms with van der Waals surface area (Å²) in [5.74, 6) is -0.257. The van der Waals surface area contributed by atoms with E-state index in [-0.39, 0.29) is 5.82 Å². The Balaban J connectivity index is 2.62. The molecule has 0 spiro atoms. The van der Waals surface area contributed by atoms with Crippen molar-refractivity contribution in [3.8, 4) is 0 Å². The van der Waals surface area contributed by atoms with Gasteiger partial charge >= 0.3 is 0 Å². The van der Waals surface area contributed by atoms with Crippen molar-refractivity contribution in [1.82, 2.24) is 5.32 Å². The van der Waals surface area contributed by atoms with Crippen LogP contribution in [0.5, 0.6) is 0 Å². The van der Waals surface area contributed by atoms with E-state index in [9.17, 15) is 9.50 Å². The zero-order chi connectivity index (χ0) is 12.2. The minimum Gasteiger partial charge on any atom is -0.389 e. The molecular weight excluding hydrogens is 205 g/mol. The van der Waals surface area contributed by atoms with Crippen LogP contribution in [0.4, 0.5) is 4.39 Å². The molecule has 0 radical (unpaired) electrons. The molecule has 1 unspecified atom stereocenters. The second-order valence-electron chi connectivity index (χ2n) is 4.80. The van der Waals surface area contributed by atoms with E-state index in [2.05, 4.69) is 5.32 Å². The van der Waals surface area contributed by atoms with Crippen LogP contribution in [-0.4, -0.2) is 23.3 Å². The van der Waals surface area contributed by atoms with E-state index < -0.39 is 5.60 Å². The molecule has 0 aromatic heterocycles. The van der Waals surface area contributed by atoms with Crippen molar-refractivity contribution in [3.05, 3.63) is 35.6 Å². The molecule has 1 rings (SSSR count). The second-order valence-corrected chi connectivity index (χ2v) is 4.80. The van der Waals surface area contributed by atoms with Crippen molar-refractivity contribution >= 4 is 0 Å². The molecule has 0 amide bonds. The number of benzene rings is 1. The van der Waals surface area contributed by atoms with Crippen LogP contribution >= 0.6 is 0 Å². The third-order valence-corrected chi connectivity index (χ3v) is 2.42. The van der Waals surface area contributed by atoms with Gasteiger partial charge in [0.15, 0.2) is 0 Å². The molecule has 0 saturated carbocycles. The van der Waals surface area contributed by atoms with E-state index in [1.165, 1.54) is 6.07 Å². The Morgan fingerprint density at radius 3 is 2.56 bits per heavy atom. The van der Waals surface area contributed by atoms with E-state index >= 15 is 0 Å². The van der Waals surface area contributed by atoms with Crippen molar-refractivity contribution in [2.75, 3.05) is 6.54 Å². The molecule has 0 saturated heterocycles. The van der Waals surface area contributed by atoms with Gasteiger partial charge in [-0.05, 0) is 18.6 Å². The number of hydrogen-bond acceptors (Lipinski definition) is 2. The molecule has 16 heavy (non-hydrogen) atoms. The third kappa shape index (κ3) is 4.29. The molecule has 1 aromatic carbocycles. The standard InChI is InChI=1S/C13H20FNO/c1-10(2)15-9-13(3,16)8-11-6-4-5-7-12(11)14/h4-7,10,15-16H,8-9H2,1-3H3. The third-order valence-electron chi connectivity index (χ3n) is 2.42. The molecule has 2 N–H and O–H groups in total. The summed E-state index contributed by atoms with van der Waals surface area (Å²) in [5.41, 5.74) is -0.370. The average Bonchev–Trinajstić information content (AvgIpc) is 2.19. The molecule has 2 nitrogen and oxygen atoms in total. The summed E-state index contributed by atoms with van der Waals surface area (Å²) in [6, 6.07) is 6.87. The van der Waals surface area contributed by atoms with Gasteiger partial charge in [-0.3, -0.25) is 0 Å². The van der Waals surface area contributed by atoms with Gasteiger partial charge in [-0.25, -0.2) is 4.39 Å². The molecule has 0 aliphatic heterocycles. The highest BCUT2D eigenvalue weighted by molar-refractivity contribution is 5.19. The van der Waals surface area contributed by atoms with Crippen molar-refractivity contribution in [3.63, 3.8) is 0 Å². The second kappa shape index (κ2) is 5.41. The summed E-state index contributed by atoms with van der Waals surface area (Å²) in [5, 5.41) is 13.3. The van der Waals surface area contributed by atoms with Crippen LogP contribution in [0.25, 0.3) is 0 Å². The summed E-state index contributed by atoms with van der Waals surface area (Å²) in [4.78, 5) is 0. The monoisotopic (exact) mass is 225 g/mol. The van der Waals surface area contributed by atoms with Crippen molar-refractivity contribution in [2.45, 2.75) is 38.8 Å². The first kappa shape index (κ1) is 13.1. The molecular formula is C13H20FNO. The zero-order valence-corrected chi connectivity index (χ0v) is 10.1. The largest absolute Gasteiger partial charge is 0.389 e. The number of halogens is 1. The highest BCUT2D eigenvalue weighted by Crippen LogP contribution is 2.15. The van der Waals surface area contributed by atoms with E-state index in [1.807, 2.05) is 13.8 Å². The van der Waals surface area contributed by atoms with Gasteiger partial charge in [-0.1, -0.05) is 32.0 Å². The fourth-order valence-corrected chi connectivity index (χ4v) is 1.54. The quantitative estimate of drug-likeness (QED) is 0.804. The molecule has 1 aromatic rings. The first-order chi connectivity index (χ1) is 7.41. The summed E-state index contributed by atoms with van der Waals surface area (Å²) in [6.45, 7) is 6.20. The summed E-state index contributed by atoms with van der Waals surface area (Å²) >= 11 is 0. The van der Waals surface area contributed by atoms with Gasteiger partial charge in [0.2, 0.25) is 0 Å². The highest BCUT2D eigenvalue weighted by Gasteiger charge is 2.22. The fourth-order valence-electron chi connectivity index (χ4n) is 1.54. The lowest BCUT2D eigenvalue weighted by molar-refractivity contribution is 0.0573. The Morgan fingerprint density at radius 1 is 1.38 bits per heavy atom. The van der Waals surface area contributed by atoms with Gasteiger partial charge in [-0.15, -0.1) is 0 Å². The normalized spacial score (nSPS) is 15.1. The molecule has 0 heterocycles. The minimum absolute atomic E-state index is 0.257. The molecule has 3 heteroatoms. The van der Waals surface area contributed by atoms with Gasteiger partial charge in [0, 0.05) is 19.0 Å². The van der Waals surface area contributed by atoms with Crippen LogP contribution in [-0.2, 0) is 6.42 Å². The summed E-state index contributed by atoms with van der Waals surface area (Å²) < 4.78 is 13.4. The van der Waals surface area contributed by atoms with Gasteiger partial charge < -0.3 is 10.4 Å². The Morgan fingerprint density at radius 2 is 2.00 bits per heavy atom. The van der Waals surface area contributed by atoms with Crippen molar-refractivity contribution in [1.29, 1.82) is 0 Å². The molecule has 0 bridgehead atoms. The van der Waals surface area contributed by atoms with Crippen molar-refractivity contribution < 1.29 is 9.50 Å². The first-order valence-corrected chi connectivity index (χ1v) is 5.60. The lowest BCUT2D eigenvalue weighted by Crippen LogP contribution is -2.42. The van der Waals surface area contributed by atoms with Crippen LogP contribution in [0.2, 0.25) is 0 Å². The maximum absolute atomic E-state index is 13.4. The fraction of sp³-hybridized carbons (Fsp3) is 0.538. The number of hydrogen-bond donors (Lipinski definition) is 2. The van der Waals surface area contributed by atoms with Gasteiger partial charge in [-0.2, -0.15) is 0 Å². The predicted molar refractivity (Wildman–Crippen MR) is 63.9 cm³/mol. The van der Waals surface area contributed by atoms with E-state index in [0.717, 1.165) is 0 Å². The smallest absolute Gasteiger partial charge is 0.126 e. The van der Waals surface area contributed by atoms with E-state index in [1.54, 1.807) is 25.1 Å². The Kier molecular flexibility index (Phi) is 4.44. The Labute approximate surface area is 96.5 Å². The number of aliphatic hydroxyl groups is 1. The Bertz CT molecular complexity index is 336. The maximum atomic E-state index is 13.4. The summed E-state index contributed by atoms with van der Waals surface area (Å²) in [6.07, 6.45) is 0.319. The number of nitrogens with one attached hydrogen (secondary N) is 1. The van der Waals surface area contributed by atoms with E-state index in [0.29, 0.717) is 24.6 Å². The average molecular weight is 225 g/mol. The molecule has 0 fully saturated rings. The van der Waals surface area contributed by atoms with Crippen LogP contribution < -0.4 is 5.32 Å². The SMILES string of the molecule is CC(C)NCC(C)(O)Cc1ccccc1F. The number of rotatable bonds is 5. The van der Waals surface area contributed by atoms with Gasteiger partial charge in [0.05, 0.1) is 5.60 Å². The lowest BCUT2D eigenvalue weighted by atomic mass is 9.96. The van der Waals surface area contributed by atoms with E-state index in [4.69, 9.17) is 0 Å². The van der Waals surface area contributed by atoms with Crippen molar-refractivity contribution in [2.24, 2.45) is 0 Å². The summed E-state index contributed by atoms with van der Waals surface area (Å²) in [7, 11) is 0. The Hall–Kier alpha value is -0.930. The van der Waals surface area contributed by atoms with Gasteiger partial charge in [0.1, 0.15) is 5.82 Å². The van der Waals surface area contributed by atoms with Gasteiger partial charge in [0.25, 0.3) is 0 Å². The predicted octanol–water partition coefficient (Wildman–Crippen LogP) is 2.12. The topological polar surface area (TPSA) is 32.3 Å². The van der Waals surface area contributed by atoms with Crippen LogP contribution in [0.1, 0.15) is 26.3 Å². The first-order valence-electron chi connectivity index (χ1n) is 5.60. The molecule has 0 aliphatic carbocycles.